The molecule has 2 rings (SSSR count). The Labute approximate surface area is 103 Å². The highest BCUT2D eigenvalue weighted by Crippen LogP contribution is 2.32. The molecule has 0 saturated carbocycles. The molecule has 90 valence electrons. The second-order valence-electron chi connectivity index (χ2n) is 3.85. The van der Waals surface area contributed by atoms with E-state index in [0.29, 0.717) is 12.8 Å². The molecular formula is C12H18ClNO2. The predicted molar refractivity (Wildman–Crippen MR) is 66.7 cm³/mol. The minimum atomic E-state index is 0. The molecule has 0 saturated heterocycles. The highest BCUT2D eigenvalue weighted by Gasteiger charge is 2.13. The lowest BCUT2D eigenvalue weighted by Gasteiger charge is -2.12. The van der Waals surface area contributed by atoms with Crippen molar-refractivity contribution in [2.45, 2.75) is 26.3 Å². The summed E-state index contributed by atoms with van der Waals surface area (Å²) in [5, 5.41) is 3.39. The van der Waals surface area contributed by atoms with Crippen molar-refractivity contribution in [2.75, 3.05) is 13.3 Å². The van der Waals surface area contributed by atoms with E-state index in [1.54, 1.807) is 0 Å². The topological polar surface area (TPSA) is 30.5 Å². The average molecular weight is 244 g/mol. The first-order chi connectivity index (χ1) is 7.29. The minimum absolute atomic E-state index is 0. The number of fused-ring (bicyclic) bond motifs is 1. The molecule has 1 atom stereocenters. The lowest BCUT2D eigenvalue weighted by atomic mass is 10.1. The van der Waals surface area contributed by atoms with E-state index < -0.39 is 0 Å². The highest BCUT2D eigenvalue weighted by atomic mass is 35.5. The van der Waals surface area contributed by atoms with Crippen molar-refractivity contribution in [1.82, 2.24) is 5.32 Å². The molecule has 1 N–H and O–H groups in total. The number of hydrogen-bond acceptors (Lipinski definition) is 3. The number of hydrogen-bond donors (Lipinski definition) is 1. The van der Waals surface area contributed by atoms with Crippen LogP contribution in [-0.2, 0) is 6.42 Å². The Bertz CT molecular complexity index is 344. The number of nitrogens with one attached hydrogen (secondary N) is 1. The monoisotopic (exact) mass is 243 g/mol. The number of halogens is 1. The summed E-state index contributed by atoms with van der Waals surface area (Å²) in [6.45, 7) is 5.66. The van der Waals surface area contributed by atoms with E-state index in [1.807, 2.05) is 6.07 Å². The summed E-state index contributed by atoms with van der Waals surface area (Å²) < 4.78 is 10.6. The van der Waals surface area contributed by atoms with Crippen molar-refractivity contribution in [3.8, 4) is 11.5 Å². The zero-order valence-corrected chi connectivity index (χ0v) is 10.5. The van der Waals surface area contributed by atoms with Gasteiger partial charge in [-0.2, -0.15) is 0 Å². The van der Waals surface area contributed by atoms with Gasteiger partial charge in [-0.3, -0.25) is 0 Å². The van der Waals surface area contributed by atoms with Crippen LogP contribution in [0.3, 0.4) is 0 Å². The van der Waals surface area contributed by atoms with Gasteiger partial charge in [0.05, 0.1) is 0 Å². The molecule has 3 nitrogen and oxygen atoms in total. The van der Waals surface area contributed by atoms with E-state index in [9.17, 15) is 0 Å². The molecule has 0 spiro atoms. The van der Waals surface area contributed by atoms with Crippen LogP contribution in [-0.4, -0.2) is 19.4 Å². The van der Waals surface area contributed by atoms with Gasteiger partial charge in [0.15, 0.2) is 11.5 Å². The molecule has 1 aromatic rings. The Hall–Kier alpha value is -0.930. The fraction of sp³-hybridized carbons (Fsp3) is 0.500. The van der Waals surface area contributed by atoms with E-state index >= 15 is 0 Å². The maximum absolute atomic E-state index is 5.34. The molecular weight excluding hydrogens is 226 g/mol. The second-order valence-corrected chi connectivity index (χ2v) is 3.85. The van der Waals surface area contributed by atoms with E-state index in [4.69, 9.17) is 9.47 Å². The van der Waals surface area contributed by atoms with Crippen LogP contribution in [0.5, 0.6) is 11.5 Å². The van der Waals surface area contributed by atoms with E-state index in [-0.39, 0.29) is 12.4 Å². The van der Waals surface area contributed by atoms with Crippen LogP contribution in [0.15, 0.2) is 18.2 Å². The maximum Gasteiger partial charge on any atom is 0.231 e. The average Bonchev–Trinajstić information content (AvgIpc) is 2.65. The van der Waals surface area contributed by atoms with E-state index in [2.05, 4.69) is 31.3 Å². The van der Waals surface area contributed by atoms with Crippen molar-refractivity contribution >= 4 is 12.4 Å². The summed E-state index contributed by atoms with van der Waals surface area (Å²) in [7, 11) is 0. The summed E-state index contributed by atoms with van der Waals surface area (Å²) in [4.78, 5) is 0. The third kappa shape index (κ3) is 3.03. The van der Waals surface area contributed by atoms with Gasteiger partial charge in [0.25, 0.3) is 0 Å². The predicted octanol–water partition coefficient (Wildman–Crippen LogP) is 2.38. The third-order valence-corrected chi connectivity index (χ3v) is 2.53. The Kier molecular flexibility index (Phi) is 4.90. The third-order valence-electron chi connectivity index (χ3n) is 2.53. The number of likely N-dealkylation sites (N-methyl/N-ethyl adjacent to an activating group) is 1. The number of rotatable bonds is 4. The first-order valence-corrected chi connectivity index (χ1v) is 5.41. The molecule has 1 unspecified atom stereocenters. The minimum Gasteiger partial charge on any atom is -0.454 e. The van der Waals surface area contributed by atoms with Crippen LogP contribution in [0, 0.1) is 0 Å². The summed E-state index contributed by atoms with van der Waals surface area (Å²) in [5.41, 5.74) is 1.28. The quantitative estimate of drug-likeness (QED) is 0.881. The molecule has 0 bridgehead atoms. The molecule has 1 aromatic carbocycles. The SMILES string of the molecule is CCNC(C)Cc1ccc2c(c1)OCO2.Cl. The molecule has 0 amide bonds. The summed E-state index contributed by atoms with van der Waals surface area (Å²) >= 11 is 0. The standard InChI is InChI=1S/C12H17NO2.ClH/c1-3-13-9(2)6-10-4-5-11-12(7-10)15-8-14-11;/h4-5,7,9,13H,3,6,8H2,1-2H3;1H. The van der Waals surface area contributed by atoms with Crippen molar-refractivity contribution in [3.05, 3.63) is 23.8 Å². The van der Waals surface area contributed by atoms with Gasteiger partial charge in [-0.1, -0.05) is 13.0 Å². The van der Waals surface area contributed by atoms with Crippen LogP contribution in [0.1, 0.15) is 19.4 Å². The molecule has 0 aromatic heterocycles. The molecule has 4 heteroatoms. The van der Waals surface area contributed by atoms with Crippen molar-refractivity contribution in [2.24, 2.45) is 0 Å². The molecule has 0 radical (unpaired) electrons. The van der Waals surface area contributed by atoms with Crippen LogP contribution < -0.4 is 14.8 Å². The van der Waals surface area contributed by atoms with Crippen LogP contribution >= 0.6 is 12.4 Å². The molecule has 0 aliphatic carbocycles. The lowest BCUT2D eigenvalue weighted by Crippen LogP contribution is -2.27. The van der Waals surface area contributed by atoms with Crippen molar-refractivity contribution < 1.29 is 9.47 Å². The fourth-order valence-corrected chi connectivity index (χ4v) is 1.84. The van der Waals surface area contributed by atoms with Gasteiger partial charge in [-0.05, 0) is 37.6 Å². The Morgan fingerprint density at radius 2 is 2.06 bits per heavy atom. The first-order valence-electron chi connectivity index (χ1n) is 5.41. The second kappa shape index (κ2) is 5.97. The zero-order valence-electron chi connectivity index (χ0n) is 9.66. The van der Waals surface area contributed by atoms with Crippen molar-refractivity contribution in [1.29, 1.82) is 0 Å². The molecule has 1 aliphatic rings. The lowest BCUT2D eigenvalue weighted by molar-refractivity contribution is 0.174. The van der Waals surface area contributed by atoms with Gasteiger partial charge >= 0.3 is 0 Å². The summed E-state index contributed by atoms with van der Waals surface area (Å²) in [6, 6.07) is 6.64. The van der Waals surface area contributed by atoms with Crippen LogP contribution in [0.25, 0.3) is 0 Å². The molecule has 1 aliphatic heterocycles. The van der Waals surface area contributed by atoms with Crippen molar-refractivity contribution in [3.63, 3.8) is 0 Å². The maximum atomic E-state index is 5.34. The van der Waals surface area contributed by atoms with Gasteiger partial charge in [0, 0.05) is 6.04 Å². The highest BCUT2D eigenvalue weighted by molar-refractivity contribution is 5.85. The van der Waals surface area contributed by atoms with Gasteiger partial charge in [0.1, 0.15) is 0 Å². The fourth-order valence-electron chi connectivity index (χ4n) is 1.84. The van der Waals surface area contributed by atoms with Gasteiger partial charge in [-0.15, -0.1) is 12.4 Å². The smallest absolute Gasteiger partial charge is 0.231 e. The first kappa shape index (κ1) is 13.1. The van der Waals surface area contributed by atoms with Gasteiger partial charge < -0.3 is 14.8 Å². The Morgan fingerprint density at radius 3 is 2.81 bits per heavy atom. The van der Waals surface area contributed by atoms with E-state index in [0.717, 1.165) is 24.5 Å². The van der Waals surface area contributed by atoms with Gasteiger partial charge in [-0.25, -0.2) is 0 Å². The Morgan fingerprint density at radius 1 is 1.31 bits per heavy atom. The molecule has 0 fully saturated rings. The van der Waals surface area contributed by atoms with Crippen LogP contribution in [0.4, 0.5) is 0 Å². The largest absolute Gasteiger partial charge is 0.454 e. The van der Waals surface area contributed by atoms with Crippen LogP contribution in [0.2, 0.25) is 0 Å². The summed E-state index contributed by atoms with van der Waals surface area (Å²) in [6.07, 6.45) is 1.02. The number of ether oxygens (including phenoxy) is 2. The summed E-state index contributed by atoms with van der Waals surface area (Å²) in [5.74, 6) is 1.73. The van der Waals surface area contributed by atoms with E-state index in [1.165, 1.54) is 5.56 Å². The number of benzene rings is 1. The molecule has 16 heavy (non-hydrogen) atoms. The Balaban J connectivity index is 0.00000128. The molecule has 1 heterocycles. The normalized spacial score (nSPS) is 14.4. The zero-order chi connectivity index (χ0) is 10.7. The van der Waals surface area contributed by atoms with Gasteiger partial charge in [0.2, 0.25) is 6.79 Å².